The normalized spacial score (nSPS) is 29.2. The number of hydrogen-bond donors (Lipinski definition) is 2. The van der Waals surface area contributed by atoms with E-state index in [1.165, 1.54) is 23.1 Å². The smallest absolute Gasteiger partial charge is 0.258 e. The number of phenolic OH excluding ortho intramolecular Hbond substituents is 2. The summed E-state index contributed by atoms with van der Waals surface area (Å²) in [6.45, 7) is 0.130. The summed E-state index contributed by atoms with van der Waals surface area (Å²) in [6, 6.07) is 21.6. The van der Waals surface area contributed by atoms with E-state index in [0.29, 0.717) is 28.3 Å². The van der Waals surface area contributed by atoms with Crippen LogP contribution in [0.5, 0.6) is 11.5 Å². The average molecular weight is 700 g/mol. The number of benzene rings is 4. The first-order valence-electron chi connectivity index (χ1n) is 16.0. The number of rotatable bonds is 5. The lowest BCUT2D eigenvalue weighted by Gasteiger charge is -2.51. The van der Waals surface area contributed by atoms with E-state index in [1.54, 1.807) is 54.6 Å². The van der Waals surface area contributed by atoms with E-state index >= 15 is 0 Å². The van der Waals surface area contributed by atoms with E-state index in [4.69, 9.17) is 23.2 Å². The molecule has 2 aliphatic carbocycles. The van der Waals surface area contributed by atoms with E-state index < -0.39 is 51.1 Å². The van der Waals surface area contributed by atoms with E-state index in [2.05, 4.69) is 0 Å². The van der Waals surface area contributed by atoms with Gasteiger partial charge in [-0.15, -0.1) is 23.2 Å². The van der Waals surface area contributed by atoms with Gasteiger partial charge in [0.05, 0.1) is 17.5 Å². The second-order valence-electron chi connectivity index (χ2n) is 13.2. The molecular weight excluding hydrogens is 670 g/mol. The van der Waals surface area contributed by atoms with Crippen LogP contribution in [-0.4, -0.2) is 55.0 Å². The first kappa shape index (κ1) is 31.5. The molecule has 0 spiro atoms. The van der Waals surface area contributed by atoms with Crippen LogP contribution in [0.2, 0.25) is 0 Å². The van der Waals surface area contributed by atoms with Gasteiger partial charge < -0.3 is 10.2 Å². The number of hydrogen-bond acceptors (Lipinski definition) is 6. The van der Waals surface area contributed by atoms with Crippen LogP contribution >= 0.6 is 23.2 Å². The molecule has 2 heterocycles. The summed E-state index contributed by atoms with van der Waals surface area (Å²) >= 11 is 15.0. The van der Waals surface area contributed by atoms with Gasteiger partial charge in [0.1, 0.15) is 17.3 Å². The first-order valence-corrected chi connectivity index (χ1v) is 16.8. The number of aromatic hydroxyl groups is 2. The van der Waals surface area contributed by atoms with Crippen molar-refractivity contribution >= 4 is 63.3 Å². The molecule has 2 N–H and O–H groups in total. The zero-order chi connectivity index (χ0) is 34.4. The lowest BCUT2D eigenvalue weighted by atomic mass is 9.56. The number of alkyl halides is 2. The van der Waals surface area contributed by atoms with Crippen LogP contribution in [0.25, 0.3) is 10.8 Å². The molecule has 2 saturated heterocycles. The molecular formula is C38H29Cl2FN2O6. The lowest BCUT2D eigenvalue weighted by molar-refractivity contribution is -0.140. The van der Waals surface area contributed by atoms with Crippen LogP contribution in [0.1, 0.15) is 29.9 Å². The molecule has 4 aromatic carbocycles. The quantitative estimate of drug-likeness (QED) is 0.146. The summed E-state index contributed by atoms with van der Waals surface area (Å²) in [5, 5.41) is 21.5. The molecule has 0 bridgehead atoms. The maximum absolute atomic E-state index is 14.6. The van der Waals surface area contributed by atoms with Crippen LogP contribution in [0.15, 0.2) is 96.6 Å². The minimum Gasteiger partial charge on any atom is -0.508 e. The number of likely N-dealkylation sites (tertiary alicyclic amines) is 1. The van der Waals surface area contributed by atoms with Gasteiger partial charge in [0.2, 0.25) is 11.8 Å². The molecule has 4 aliphatic rings. The molecule has 8 rings (SSSR count). The number of carbonyl (C=O) groups is 4. The molecule has 4 aromatic rings. The summed E-state index contributed by atoms with van der Waals surface area (Å²) < 4.78 is 13.9. The van der Waals surface area contributed by atoms with Gasteiger partial charge in [-0.05, 0) is 84.2 Å². The van der Waals surface area contributed by atoms with Gasteiger partial charge in [0.25, 0.3) is 11.8 Å². The van der Waals surface area contributed by atoms with Crippen molar-refractivity contribution in [2.45, 2.75) is 34.9 Å². The SMILES string of the molecule is O=C1[C@H]2[C@H](CC=C3[C@H]2C[C@@]2(Cl)C(=O)N(c4ccc(F)cc4)C(=O)[C@@]2(Cl)[C@H]3c2ccc(O)c3ccccc23)C(=O)N1CCc1ccc(O)cc1. The number of allylic oxidation sites excluding steroid dienone is 2. The Balaban J connectivity index is 1.26. The third kappa shape index (κ3) is 4.41. The van der Waals surface area contributed by atoms with Crippen LogP contribution in [0, 0.1) is 23.6 Å². The monoisotopic (exact) mass is 698 g/mol. The summed E-state index contributed by atoms with van der Waals surface area (Å²) in [4.78, 5) is 55.2. The van der Waals surface area contributed by atoms with Crippen LogP contribution in [-0.2, 0) is 25.6 Å². The predicted molar refractivity (Wildman–Crippen MR) is 181 cm³/mol. The standard InChI is InChI=1S/C38H29Cl2FN2O6/c39-37-19-29-27(13-14-28-31(29)34(47)42(33(28)46)18-17-20-5-11-23(44)12-6-20)32(26-15-16-30(45)25-4-2-1-3-24(25)26)38(37,40)36(49)43(35(37)48)22-9-7-21(41)8-10-22/h1-13,15-16,28-29,31-32,44-45H,14,17-19H2/t28-,29+,31-,32-,37+,38-/m0/s1. The Morgan fingerprint density at radius 2 is 1.49 bits per heavy atom. The number of carbonyl (C=O) groups excluding carboxylic acids is 4. The molecule has 248 valence electrons. The summed E-state index contributed by atoms with van der Waals surface area (Å²) in [5.74, 6) is -6.02. The Morgan fingerprint density at radius 3 is 2.20 bits per heavy atom. The minimum atomic E-state index is -2.08. The topological polar surface area (TPSA) is 115 Å². The maximum Gasteiger partial charge on any atom is 0.258 e. The Kier molecular flexibility index (Phi) is 7.18. The fourth-order valence-electron chi connectivity index (χ4n) is 8.49. The van der Waals surface area contributed by atoms with Crippen molar-refractivity contribution in [2.75, 3.05) is 11.4 Å². The summed E-state index contributed by atoms with van der Waals surface area (Å²) in [5.41, 5.74) is 2.10. The molecule has 11 heteroatoms. The van der Waals surface area contributed by atoms with Gasteiger partial charge in [0, 0.05) is 17.8 Å². The Hall–Kier alpha value is -4.73. The van der Waals surface area contributed by atoms with Gasteiger partial charge in [-0.25, -0.2) is 9.29 Å². The van der Waals surface area contributed by atoms with Crippen molar-refractivity contribution in [3.05, 3.63) is 114 Å². The summed E-state index contributed by atoms with van der Waals surface area (Å²) in [6.07, 6.45) is 2.28. The minimum absolute atomic E-state index is 0.00718. The molecule has 1 saturated carbocycles. The molecule has 0 aromatic heterocycles. The first-order chi connectivity index (χ1) is 23.5. The highest BCUT2D eigenvalue weighted by atomic mass is 35.5. The second-order valence-corrected chi connectivity index (χ2v) is 14.5. The number of anilines is 1. The number of fused-ring (bicyclic) bond motifs is 5. The number of nitrogens with zero attached hydrogens (tertiary/aromatic N) is 2. The van der Waals surface area contributed by atoms with Crippen molar-refractivity contribution < 1.29 is 33.8 Å². The van der Waals surface area contributed by atoms with Gasteiger partial charge in [-0.1, -0.05) is 54.1 Å². The van der Waals surface area contributed by atoms with Crippen molar-refractivity contribution in [1.29, 1.82) is 0 Å². The number of halogens is 3. The van der Waals surface area contributed by atoms with Crippen molar-refractivity contribution in [1.82, 2.24) is 4.90 Å². The Labute approximate surface area is 290 Å². The second kappa shape index (κ2) is 11.1. The van der Waals surface area contributed by atoms with Gasteiger partial charge in [-0.3, -0.25) is 24.1 Å². The summed E-state index contributed by atoms with van der Waals surface area (Å²) in [7, 11) is 0. The van der Waals surface area contributed by atoms with Crippen molar-refractivity contribution in [3.8, 4) is 11.5 Å². The van der Waals surface area contributed by atoms with Gasteiger partial charge in [-0.2, -0.15) is 0 Å². The highest BCUT2D eigenvalue weighted by molar-refractivity contribution is 6.58. The number of amides is 4. The van der Waals surface area contributed by atoms with E-state index in [9.17, 15) is 33.8 Å². The fourth-order valence-corrected chi connectivity index (χ4v) is 9.42. The third-order valence-corrected chi connectivity index (χ3v) is 12.2. The number of imide groups is 2. The molecule has 49 heavy (non-hydrogen) atoms. The molecule has 0 unspecified atom stereocenters. The lowest BCUT2D eigenvalue weighted by Crippen LogP contribution is -2.60. The highest BCUT2D eigenvalue weighted by Crippen LogP contribution is 2.66. The Bertz CT molecular complexity index is 2120. The highest BCUT2D eigenvalue weighted by Gasteiger charge is 2.76. The maximum atomic E-state index is 14.6. The fraction of sp³-hybridized carbons (Fsp3) is 0.263. The van der Waals surface area contributed by atoms with Gasteiger partial charge in [0.15, 0.2) is 9.75 Å². The van der Waals surface area contributed by atoms with E-state index in [0.717, 1.165) is 22.6 Å². The van der Waals surface area contributed by atoms with Crippen LogP contribution in [0.4, 0.5) is 10.1 Å². The van der Waals surface area contributed by atoms with Crippen LogP contribution < -0.4 is 4.90 Å². The van der Waals surface area contributed by atoms with E-state index in [1.807, 2.05) is 6.08 Å². The molecule has 2 aliphatic heterocycles. The van der Waals surface area contributed by atoms with Crippen molar-refractivity contribution in [3.63, 3.8) is 0 Å². The Morgan fingerprint density at radius 1 is 0.796 bits per heavy atom. The molecule has 8 nitrogen and oxygen atoms in total. The molecule has 6 atom stereocenters. The average Bonchev–Trinajstić information content (AvgIpc) is 3.43. The third-order valence-electron chi connectivity index (χ3n) is 10.8. The molecule has 3 fully saturated rings. The van der Waals surface area contributed by atoms with Crippen molar-refractivity contribution in [2.24, 2.45) is 17.8 Å². The van der Waals surface area contributed by atoms with Crippen LogP contribution in [0.3, 0.4) is 0 Å². The molecule has 4 amide bonds. The van der Waals surface area contributed by atoms with E-state index in [-0.39, 0.29) is 48.4 Å². The molecule has 0 radical (unpaired) electrons. The largest absolute Gasteiger partial charge is 0.508 e. The predicted octanol–water partition coefficient (Wildman–Crippen LogP) is 6.20. The zero-order valence-electron chi connectivity index (χ0n) is 25.9. The zero-order valence-corrected chi connectivity index (χ0v) is 27.4. The van der Waals surface area contributed by atoms with Gasteiger partial charge >= 0.3 is 0 Å². The number of phenols is 2.